The molecule has 0 aromatic heterocycles. The van der Waals surface area contributed by atoms with Gasteiger partial charge in [0.15, 0.2) is 5.96 Å². The second kappa shape index (κ2) is 9.61. The molecular formula is C19H23F2N3O. The Morgan fingerprint density at radius 2 is 1.88 bits per heavy atom. The van der Waals surface area contributed by atoms with Gasteiger partial charge in [-0.1, -0.05) is 18.2 Å². The summed E-state index contributed by atoms with van der Waals surface area (Å²) in [6.07, 6.45) is 0.361. The van der Waals surface area contributed by atoms with E-state index in [1.54, 1.807) is 7.05 Å². The summed E-state index contributed by atoms with van der Waals surface area (Å²) in [7, 11) is 1.66. The lowest BCUT2D eigenvalue weighted by Crippen LogP contribution is -2.38. The number of nitrogens with one attached hydrogen (secondary N) is 2. The first-order valence-corrected chi connectivity index (χ1v) is 8.23. The number of para-hydroxylation sites is 1. The third kappa shape index (κ3) is 5.74. The molecule has 134 valence electrons. The molecule has 0 amide bonds. The third-order valence-corrected chi connectivity index (χ3v) is 3.64. The lowest BCUT2D eigenvalue weighted by Gasteiger charge is -2.14. The van der Waals surface area contributed by atoms with E-state index in [-0.39, 0.29) is 0 Å². The normalized spacial score (nSPS) is 11.3. The van der Waals surface area contributed by atoms with Crippen LogP contribution < -0.4 is 15.4 Å². The molecule has 0 aliphatic heterocycles. The number of hydrogen-bond acceptors (Lipinski definition) is 2. The monoisotopic (exact) mass is 347 g/mol. The largest absolute Gasteiger partial charge is 0.494 e. The van der Waals surface area contributed by atoms with Gasteiger partial charge in [-0.15, -0.1) is 0 Å². The third-order valence-electron chi connectivity index (χ3n) is 3.64. The van der Waals surface area contributed by atoms with Crippen molar-refractivity contribution in [2.45, 2.75) is 19.9 Å². The average molecular weight is 347 g/mol. The Kier molecular flexibility index (Phi) is 7.19. The van der Waals surface area contributed by atoms with Crippen molar-refractivity contribution in [3.63, 3.8) is 0 Å². The Morgan fingerprint density at radius 1 is 1.08 bits per heavy atom. The first kappa shape index (κ1) is 18.7. The van der Waals surface area contributed by atoms with Gasteiger partial charge in [-0.3, -0.25) is 4.99 Å². The first-order chi connectivity index (χ1) is 12.1. The van der Waals surface area contributed by atoms with Crippen LogP contribution in [-0.4, -0.2) is 26.2 Å². The van der Waals surface area contributed by atoms with Crippen molar-refractivity contribution in [3.05, 3.63) is 65.2 Å². The van der Waals surface area contributed by atoms with Crippen molar-refractivity contribution in [2.75, 3.05) is 20.2 Å². The minimum atomic E-state index is -0.438. The molecule has 0 aliphatic carbocycles. The van der Waals surface area contributed by atoms with Gasteiger partial charge in [-0.25, -0.2) is 8.78 Å². The summed E-state index contributed by atoms with van der Waals surface area (Å²) >= 11 is 0. The van der Waals surface area contributed by atoms with Crippen molar-refractivity contribution in [3.8, 4) is 5.75 Å². The molecule has 4 nitrogen and oxygen atoms in total. The lowest BCUT2D eigenvalue weighted by molar-refractivity contribution is 0.336. The van der Waals surface area contributed by atoms with Gasteiger partial charge in [-0.2, -0.15) is 0 Å². The molecular weight excluding hydrogens is 324 g/mol. The van der Waals surface area contributed by atoms with Crippen molar-refractivity contribution in [2.24, 2.45) is 4.99 Å². The highest BCUT2D eigenvalue weighted by atomic mass is 19.1. The van der Waals surface area contributed by atoms with E-state index < -0.39 is 11.6 Å². The molecule has 0 unspecified atom stereocenters. The van der Waals surface area contributed by atoms with E-state index in [9.17, 15) is 8.78 Å². The van der Waals surface area contributed by atoms with Crippen LogP contribution in [0.3, 0.4) is 0 Å². The molecule has 6 heteroatoms. The maximum Gasteiger partial charge on any atom is 0.191 e. The van der Waals surface area contributed by atoms with Crippen LogP contribution in [0.25, 0.3) is 0 Å². The van der Waals surface area contributed by atoms with Crippen LogP contribution >= 0.6 is 0 Å². The van der Waals surface area contributed by atoms with E-state index in [1.807, 2.05) is 31.2 Å². The zero-order chi connectivity index (χ0) is 18.1. The maximum absolute atomic E-state index is 13.6. The van der Waals surface area contributed by atoms with Crippen LogP contribution in [-0.2, 0) is 13.0 Å². The van der Waals surface area contributed by atoms with Crippen molar-refractivity contribution in [1.82, 2.24) is 10.6 Å². The maximum atomic E-state index is 13.6. The molecule has 2 rings (SSSR count). The van der Waals surface area contributed by atoms with Crippen LogP contribution in [0.15, 0.2) is 47.5 Å². The van der Waals surface area contributed by atoms with Gasteiger partial charge in [0.1, 0.15) is 17.4 Å². The molecule has 0 spiro atoms. The highest BCUT2D eigenvalue weighted by molar-refractivity contribution is 5.79. The predicted octanol–water partition coefficient (Wildman–Crippen LogP) is 3.27. The van der Waals surface area contributed by atoms with Crippen molar-refractivity contribution in [1.29, 1.82) is 0 Å². The van der Waals surface area contributed by atoms with Crippen LogP contribution in [0.4, 0.5) is 8.78 Å². The van der Waals surface area contributed by atoms with E-state index in [1.165, 1.54) is 6.07 Å². The molecule has 0 bridgehead atoms. The Bertz CT molecular complexity index is 720. The minimum absolute atomic E-state index is 0.338. The quantitative estimate of drug-likeness (QED) is 0.597. The second-order valence-electron chi connectivity index (χ2n) is 5.38. The van der Waals surface area contributed by atoms with Gasteiger partial charge in [0.2, 0.25) is 0 Å². The van der Waals surface area contributed by atoms with Gasteiger partial charge in [0.25, 0.3) is 0 Å². The van der Waals surface area contributed by atoms with Gasteiger partial charge >= 0.3 is 0 Å². The number of aliphatic imine (C=N–C) groups is 1. The SMILES string of the molecule is CCOc1ccccc1CNC(=NC)NCCc1cc(F)ccc1F. The molecule has 2 N–H and O–H groups in total. The molecule has 2 aromatic rings. The molecule has 2 aromatic carbocycles. The number of rotatable bonds is 7. The number of hydrogen-bond donors (Lipinski definition) is 2. The number of guanidine groups is 1. The molecule has 0 saturated carbocycles. The average Bonchev–Trinajstić information content (AvgIpc) is 2.62. The number of ether oxygens (including phenoxy) is 1. The number of nitrogens with zero attached hydrogens (tertiary/aromatic N) is 1. The fourth-order valence-electron chi connectivity index (χ4n) is 2.40. The number of benzene rings is 2. The Labute approximate surface area is 146 Å². The fraction of sp³-hybridized carbons (Fsp3) is 0.316. The van der Waals surface area contributed by atoms with Crippen LogP contribution in [0.5, 0.6) is 5.75 Å². The molecule has 0 heterocycles. The van der Waals surface area contributed by atoms with Crippen LogP contribution in [0.2, 0.25) is 0 Å². The first-order valence-electron chi connectivity index (χ1n) is 8.23. The van der Waals surface area contributed by atoms with Crippen LogP contribution in [0.1, 0.15) is 18.1 Å². The van der Waals surface area contributed by atoms with Gasteiger partial charge in [-0.05, 0) is 43.2 Å². The number of halogens is 2. The van der Waals surface area contributed by atoms with E-state index in [2.05, 4.69) is 15.6 Å². The Balaban J connectivity index is 1.86. The topological polar surface area (TPSA) is 45.6 Å². The van der Waals surface area contributed by atoms with Crippen molar-refractivity contribution < 1.29 is 13.5 Å². The summed E-state index contributed by atoms with van der Waals surface area (Å²) in [4.78, 5) is 4.14. The summed E-state index contributed by atoms with van der Waals surface area (Å²) in [6.45, 7) is 3.52. The van der Waals surface area contributed by atoms with E-state index in [0.717, 1.165) is 23.4 Å². The molecule has 0 aliphatic rings. The molecule has 0 radical (unpaired) electrons. The van der Waals surface area contributed by atoms with Crippen molar-refractivity contribution >= 4 is 5.96 Å². The Morgan fingerprint density at radius 3 is 2.64 bits per heavy atom. The smallest absolute Gasteiger partial charge is 0.191 e. The van der Waals surface area contributed by atoms with E-state index >= 15 is 0 Å². The zero-order valence-corrected chi connectivity index (χ0v) is 14.5. The van der Waals surface area contributed by atoms with Gasteiger partial charge in [0, 0.05) is 25.7 Å². The summed E-state index contributed by atoms with van der Waals surface area (Å²) in [6, 6.07) is 11.2. The van der Waals surface area contributed by atoms with Gasteiger partial charge < -0.3 is 15.4 Å². The molecule has 0 atom stereocenters. The summed E-state index contributed by atoms with van der Waals surface area (Å²) in [5.74, 6) is 0.570. The summed E-state index contributed by atoms with van der Waals surface area (Å²) in [5, 5.41) is 6.28. The Hall–Kier alpha value is -2.63. The predicted molar refractivity (Wildman–Crippen MR) is 95.9 cm³/mol. The molecule has 0 fully saturated rings. The minimum Gasteiger partial charge on any atom is -0.494 e. The standard InChI is InChI=1S/C19H23F2N3O/c1-3-25-18-7-5-4-6-15(18)13-24-19(22-2)23-11-10-14-12-16(20)8-9-17(14)21/h4-9,12H,3,10-11,13H2,1-2H3,(H2,22,23,24). The van der Waals surface area contributed by atoms with E-state index in [4.69, 9.17) is 4.74 Å². The zero-order valence-electron chi connectivity index (χ0n) is 14.5. The highest BCUT2D eigenvalue weighted by Crippen LogP contribution is 2.17. The highest BCUT2D eigenvalue weighted by Gasteiger charge is 2.06. The second-order valence-corrected chi connectivity index (χ2v) is 5.38. The van der Waals surface area contributed by atoms with Crippen LogP contribution in [0, 0.1) is 11.6 Å². The fourth-order valence-corrected chi connectivity index (χ4v) is 2.40. The summed E-state index contributed by atoms with van der Waals surface area (Å²) in [5.41, 5.74) is 1.35. The molecule has 0 saturated heterocycles. The summed E-state index contributed by atoms with van der Waals surface area (Å²) < 4.78 is 32.4. The van der Waals surface area contributed by atoms with Gasteiger partial charge in [0.05, 0.1) is 6.61 Å². The lowest BCUT2D eigenvalue weighted by atomic mass is 10.1. The molecule has 25 heavy (non-hydrogen) atoms. The van der Waals surface area contributed by atoms with E-state index in [0.29, 0.717) is 37.6 Å².